The van der Waals surface area contributed by atoms with Crippen LogP contribution in [0.15, 0.2) is 191 Å². The number of furan rings is 2. The molecule has 266 valence electrons. The van der Waals surface area contributed by atoms with E-state index in [2.05, 4.69) is 120 Å². The molecule has 0 atom stereocenters. The molecule has 12 aromatic rings. The van der Waals surface area contributed by atoms with Crippen molar-refractivity contribution < 1.29 is 8.83 Å². The number of rotatable bonds is 5. The zero-order chi connectivity index (χ0) is 37.5. The summed E-state index contributed by atoms with van der Waals surface area (Å²) < 4.78 is 15.1. The maximum atomic E-state index is 6.48. The minimum Gasteiger partial charge on any atom is -0.456 e. The van der Waals surface area contributed by atoms with E-state index in [9.17, 15) is 0 Å². The number of para-hydroxylation sites is 2. The number of hydrogen-bond donors (Lipinski definition) is 0. The van der Waals surface area contributed by atoms with E-state index in [1.807, 2.05) is 66.7 Å². The first-order chi connectivity index (χ1) is 28.2. The third kappa shape index (κ3) is 4.94. The summed E-state index contributed by atoms with van der Waals surface area (Å²) in [6, 6.07) is 62.6. The average Bonchev–Trinajstić information content (AvgIpc) is 3.96. The van der Waals surface area contributed by atoms with Gasteiger partial charge in [-0.15, -0.1) is 0 Å². The van der Waals surface area contributed by atoms with Crippen molar-refractivity contribution in [1.29, 1.82) is 0 Å². The minimum atomic E-state index is 0.576. The SMILES string of the molecule is c1ccc(-c2nc(-c3ccc(-n4c5ccccc5c5c6c(ccc54)oc4ccccc46)cc3)nc(-c3ccc4c(c3)oc3cccc(-c5ccccc5)c34)n2)cc1. The van der Waals surface area contributed by atoms with E-state index in [1.165, 1.54) is 10.8 Å². The molecular weight excluding hydrogens is 701 g/mol. The van der Waals surface area contributed by atoms with Gasteiger partial charge in [-0.05, 0) is 77.9 Å². The Morgan fingerprint density at radius 2 is 0.912 bits per heavy atom. The van der Waals surface area contributed by atoms with Crippen LogP contribution < -0.4 is 0 Å². The molecule has 57 heavy (non-hydrogen) atoms. The Kier molecular flexibility index (Phi) is 6.83. The van der Waals surface area contributed by atoms with Gasteiger partial charge in [0.05, 0.1) is 11.0 Å². The lowest BCUT2D eigenvalue weighted by molar-refractivity contribution is 0.668. The van der Waals surface area contributed by atoms with Crippen LogP contribution in [0.2, 0.25) is 0 Å². The molecular formula is C51H30N4O2. The fourth-order valence-corrected chi connectivity index (χ4v) is 8.49. The average molecular weight is 731 g/mol. The molecule has 0 aliphatic carbocycles. The highest BCUT2D eigenvalue weighted by atomic mass is 16.3. The highest BCUT2D eigenvalue weighted by Gasteiger charge is 2.20. The van der Waals surface area contributed by atoms with Crippen molar-refractivity contribution in [1.82, 2.24) is 19.5 Å². The number of fused-ring (bicyclic) bond motifs is 10. The Morgan fingerprint density at radius 1 is 0.333 bits per heavy atom. The van der Waals surface area contributed by atoms with Crippen LogP contribution in [-0.4, -0.2) is 19.5 Å². The first-order valence-electron chi connectivity index (χ1n) is 19.0. The predicted molar refractivity (Wildman–Crippen MR) is 230 cm³/mol. The fraction of sp³-hybridized carbons (Fsp3) is 0. The van der Waals surface area contributed by atoms with E-state index in [0.717, 1.165) is 88.4 Å². The first kappa shape index (κ1) is 31.5. The normalized spacial score (nSPS) is 11.9. The summed E-state index contributed by atoms with van der Waals surface area (Å²) in [6.07, 6.45) is 0. The van der Waals surface area contributed by atoms with E-state index >= 15 is 0 Å². The predicted octanol–water partition coefficient (Wildman–Crippen LogP) is 13.4. The first-order valence-corrected chi connectivity index (χ1v) is 19.0. The smallest absolute Gasteiger partial charge is 0.164 e. The minimum absolute atomic E-state index is 0.576. The molecule has 4 aromatic heterocycles. The molecule has 4 heterocycles. The molecule has 8 aromatic carbocycles. The number of nitrogens with zero attached hydrogens (tertiary/aromatic N) is 4. The van der Waals surface area contributed by atoms with Gasteiger partial charge in [0.25, 0.3) is 0 Å². The zero-order valence-corrected chi connectivity index (χ0v) is 30.4. The summed E-state index contributed by atoms with van der Waals surface area (Å²) in [5.74, 6) is 1.78. The maximum Gasteiger partial charge on any atom is 0.164 e. The van der Waals surface area contributed by atoms with Gasteiger partial charge in [-0.1, -0.05) is 115 Å². The van der Waals surface area contributed by atoms with Crippen molar-refractivity contribution in [3.8, 4) is 51.0 Å². The molecule has 0 amide bonds. The van der Waals surface area contributed by atoms with Crippen molar-refractivity contribution >= 4 is 65.7 Å². The number of hydrogen-bond acceptors (Lipinski definition) is 5. The van der Waals surface area contributed by atoms with Crippen LogP contribution in [0.1, 0.15) is 0 Å². The summed E-state index contributed by atoms with van der Waals surface area (Å²) in [7, 11) is 0. The summed E-state index contributed by atoms with van der Waals surface area (Å²) in [4.78, 5) is 15.1. The summed E-state index contributed by atoms with van der Waals surface area (Å²) >= 11 is 0. The zero-order valence-electron chi connectivity index (χ0n) is 30.4. The monoisotopic (exact) mass is 730 g/mol. The van der Waals surface area contributed by atoms with Gasteiger partial charge in [-0.3, -0.25) is 0 Å². The number of aromatic nitrogens is 4. The molecule has 0 unspecified atom stereocenters. The fourth-order valence-electron chi connectivity index (χ4n) is 8.49. The largest absolute Gasteiger partial charge is 0.456 e. The van der Waals surface area contributed by atoms with Gasteiger partial charge in [0.15, 0.2) is 17.5 Å². The lowest BCUT2D eigenvalue weighted by Gasteiger charge is -2.11. The van der Waals surface area contributed by atoms with Crippen LogP contribution in [0, 0.1) is 0 Å². The molecule has 0 aliphatic heterocycles. The number of benzene rings is 8. The highest BCUT2D eigenvalue weighted by Crippen LogP contribution is 2.42. The topological polar surface area (TPSA) is 69.9 Å². The second-order valence-corrected chi connectivity index (χ2v) is 14.4. The second kappa shape index (κ2) is 12.3. The van der Waals surface area contributed by atoms with E-state index in [0.29, 0.717) is 17.5 Å². The Hall–Kier alpha value is -7.83. The quantitative estimate of drug-likeness (QED) is 0.176. The van der Waals surface area contributed by atoms with E-state index in [4.69, 9.17) is 23.8 Å². The molecule has 0 saturated heterocycles. The molecule has 6 heteroatoms. The van der Waals surface area contributed by atoms with Crippen LogP contribution in [0.4, 0.5) is 0 Å². The molecule has 0 aliphatic rings. The van der Waals surface area contributed by atoms with Crippen molar-refractivity contribution in [2.45, 2.75) is 0 Å². The molecule has 0 N–H and O–H groups in total. The van der Waals surface area contributed by atoms with E-state index < -0.39 is 0 Å². The lowest BCUT2D eigenvalue weighted by atomic mass is 9.99. The maximum absolute atomic E-state index is 6.48. The molecule has 0 bridgehead atoms. The van der Waals surface area contributed by atoms with Crippen molar-refractivity contribution in [3.63, 3.8) is 0 Å². The van der Waals surface area contributed by atoms with E-state index in [1.54, 1.807) is 0 Å². The molecule has 12 rings (SSSR count). The molecule has 6 nitrogen and oxygen atoms in total. The second-order valence-electron chi connectivity index (χ2n) is 14.4. The van der Waals surface area contributed by atoms with Gasteiger partial charge in [0.2, 0.25) is 0 Å². The van der Waals surface area contributed by atoms with Crippen LogP contribution >= 0.6 is 0 Å². The Bertz CT molecular complexity index is 3510. The van der Waals surface area contributed by atoms with Crippen molar-refractivity contribution in [3.05, 3.63) is 182 Å². The highest BCUT2D eigenvalue weighted by molar-refractivity contribution is 6.27. The van der Waals surface area contributed by atoms with Gasteiger partial charge in [0, 0.05) is 54.7 Å². The Labute approximate surface area is 325 Å². The van der Waals surface area contributed by atoms with Crippen LogP contribution in [-0.2, 0) is 0 Å². The molecule has 0 spiro atoms. The Morgan fingerprint density at radius 3 is 1.70 bits per heavy atom. The van der Waals surface area contributed by atoms with Crippen LogP contribution in [0.25, 0.3) is 117 Å². The molecule has 0 radical (unpaired) electrons. The third-order valence-corrected chi connectivity index (χ3v) is 11.1. The van der Waals surface area contributed by atoms with Gasteiger partial charge in [0.1, 0.15) is 22.3 Å². The van der Waals surface area contributed by atoms with Gasteiger partial charge in [-0.25, -0.2) is 15.0 Å². The van der Waals surface area contributed by atoms with E-state index in [-0.39, 0.29) is 0 Å². The Balaban J connectivity index is 0.994. The van der Waals surface area contributed by atoms with Crippen LogP contribution in [0.3, 0.4) is 0 Å². The summed E-state index contributed by atoms with van der Waals surface area (Å²) in [5.41, 5.74) is 11.6. The van der Waals surface area contributed by atoms with Crippen molar-refractivity contribution in [2.24, 2.45) is 0 Å². The summed E-state index contributed by atoms with van der Waals surface area (Å²) in [6.45, 7) is 0. The van der Waals surface area contributed by atoms with Crippen molar-refractivity contribution in [2.75, 3.05) is 0 Å². The van der Waals surface area contributed by atoms with Gasteiger partial charge >= 0.3 is 0 Å². The van der Waals surface area contributed by atoms with Crippen LogP contribution in [0.5, 0.6) is 0 Å². The third-order valence-electron chi connectivity index (χ3n) is 11.1. The summed E-state index contributed by atoms with van der Waals surface area (Å²) in [5, 5.41) is 6.77. The molecule has 0 saturated carbocycles. The van der Waals surface area contributed by atoms with Gasteiger partial charge < -0.3 is 13.4 Å². The lowest BCUT2D eigenvalue weighted by Crippen LogP contribution is -2.00. The van der Waals surface area contributed by atoms with Gasteiger partial charge in [-0.2, -0.15) is 0 Å². The molecule has 0 fully saturated rings. The standard InChI is InChI=1S/C51H30N4O2/c1-3-12-31(13-4-1)36-18-11-21-43-46(36)39-27-24-34(30-45(39)57-43)51-53-49(32-14-5-2-6-15-32)52-50(54-51)33-22-25-35(26-23-33)55-40-19-9-7-16-37(40)47-41(55)28-29-44-48(47)38-17-8-10-20-42(38)56-44/h1-30H.